The Kier molecular flexibility index (Phi) is 3.58. The van der Waals surface area contributed by atoms with Crippen LogP contribution in [0.2, 0.25) is 0 Å². The Labute approximate surface area is 87.5 Å². The summed E-state index contributed by atoms with van der Waals surface area (Å²) in [6, 6.07) is 0. The standard InChI is InChI=1S/C10H21NO2S/c1-4-10(5-2)7-8-11(9-10)14(12,13)6-3/h4-9H2,1-3H3. The average molecular weight is 219 g/mol. The van der Waals surface area contributed by atoms with Crippen LogP contribution in [0.1, 0.15) is 40.0 Å². The second kappa shape index (κ2) is 4.19. The normalized spacial score (nSPS) is 22.8. The van der Waals surface area contributed by atoms with E-state index in [0.717, 1.165) is 32.4 Å². The van der Waals surface area contributed by atoms with Crippen molar-refractivity contribution in [1.29, 1.82) is 0 Å². The monoisotopic (exact) mass is 219 g/mol. The highest BCUT2D eigenvalue weighted by Gasteiger charge is 2.39. The summed E-state index contributed by atoms with van der Waals surface area (Å²) >= 11 is 0. The van der Waals surface area contributed by atoms with Crippen LogP contribution in [-0.4, -0.2) is 31.6 Å². The minimum Gasteiger partial charge on any atom is -0.212 e. The van der Waals surface area contributed by atoms with Crippen molar-refractivity contribution in [1.82, 2.24) is 4.31 Å². The Balaban J connectivity index is 2.74. The molecule has 14 heavy (non-hydrogen) atoms. The molecule has 1 rings (SSSR count). The molecule has 0 aromatic rings. The lowest BCUT2D eigenvalue weighted by Gasteiger charge is -2.26. The van der Waals surface area contributed by atoms with Gasteiger partial charge >= 0.3 is 0 Å². The molecule has 0 aromatic carbocycles. The van der Waals surface area contributed by atoms with Gasteiger partial charge in [0.2, 0.25) is 10.0 Å². The molecule has 0 unspecified atom stereocenters. The smallest absolute Gasteiger partial charge is 0.212 e. The average Bonchev–Trinajstić information content (AvgIpc) is 2.63. The van der Waals surface area contributed by atoms with E-state index in [1.54, 1.807) is 11.2 Å². The molecule has 0 aliphatic carbocycles. The number of hydrogen-bond donors (Lipinski definition) is 0. The molecule has 1 heterocycles. The van der Waals surface area contributed by atoms with Crippen molar-refractivity contribution in [2.24, 2.45) is 5.41 Å². The van der Waals surface area contributed by atoms with E-state index >= 15 is 0 Å². The lowest BCUT2D eigenvalue weighted by atomic mass is 9.82. The Hall–Kier alpha value is -0.0900. The molecule has 0 spiro atoms. The maximum atomic E-state index is 11.6. The molecule has 4 heteroatoms. The molecule has 0 saturated carbocycles. The van der Waals surface area contributed by atoms with Gasteiger partial charge in [-0.15, -0.1) is 0 Å². The topological polar surface area (TPSA) is 37.4 Å². The fourth-order valence-electron chi connectivity index (χ4n) is 2.14. The molecule has 0 aromatic heterocycles. The second-order valence-electron chi connectivity index (χ2n) is 4.19. The van der Waals surface area contributed by atoms with Crippen LogP contribution < -0.4 is 0 Å². The lowest BCUT2D eigenvalue weighted by Crippen LogP contribution is -2.32. The van der Waals surface area contributed by atoms with Crippen molar-refractivity contribution in [2.45, 2.75) is 40.0 Å². The van der Waals surface area contributed by atoms with Crippen LogP contribution in [0.3, 0.4) is 0 Å². The first-order chi connectivity index (χ1) is 6.49. The van der Waals surface area contributed by atoms with Gasteiger partial charge in [-0.1, -0.05) is 13.8 Å². The van der Waals surface area contributed by atoms with Crippen LogP contribution in [0.25, 0.3) is 0 Å². The molecule has 0 bridgehead atoms. The highest BCUT2D eigenvalue weighted by Crippen LogP contribution is 2.37. The number of nitrogens with zero attached hydrogens (tertiary/aromatic N) is 1. The number of rotatable bonds is 4. The summed E-state index contributed by atoms with van der Waals surface area (Å²) in [5.74, 6) is 0.233. The van der Waals surface area contributed by atoms with Crippen LogP contribution >= 0.6 is 0 Å². The minimum absolute atomic E-state index is 0.233. The van der Waals surface area contributed by atoms with Crippen LogP contribution in [0.5, 0.6) is 0 Å². The van der Waals surface area contributed by atoms with Gasteiger partial charge < -0.3 is 0 Å². The maximum Gasteiger partial charge on any atom is 0.213 e. The first-order valence-corrected chi connectivity index (χ1v) is 7.08. The number of hydrogen-bond acceptors (Lipinski definition) is 2. The summed E-state index contributed by atoms with van der Waals surface area (Å²) in [6.07, 6.45) is 3.19. The number of sulfonamides is 1. The molecule has 84 valence electrons. The van der Waals surface area contributed by atoms with E-state index in [4.69, 9.17) is 0 Å². The molecule has 0 radical (unpaired) electrons. The van der Waals surface area contributed by atoms with Crippen LogP contribution in [0.15, 0.2) is 0 Å². The summed E-state index contributed by atoms with van der Waals surface area (Å²) in [5.41, 5.74) is 0.252. The SMILES string of the molecule is CCC1(CC)CCN(S(=O)(=O)CC)C1. The fourth-order valence-corrected chi connectivity index (χ4v) is 3.35. The minimum atomic E-state index is -2.96. The largest absolute Gasteiger partial charge is 0.213 e. The van der Waals surface area contributed by atoms with E-state index in [1.807, 2.05) is 0 Å². The lowest BCUT2D eigenvalue weighted by molar-refractivity contribution is 0.280. The highest BCUT2D eigenvalue weighted by molar-refractivity contribution is 7.89. The zero-order valence-corrected chi connectivity index (χ0v) is 10.2. The van der Waals surface area contributed by atoms with Crippen molar-refractivity contribution in [3.8, 4) is 0 Å². The Morgan fingerprint density at radius 1 is 1.21 bits per heavy atom. The summed E-state index contributed by atoms with van der Waals surface area (Å²) in [6.45, 7) is 7.48. The quantitative estimate of drug-likeness (QED) is 0.723. The molecular weight excluding hydrogens is 198 g/mol. The van der Waals surface area contributed by atoms with E-state index in [1.165, 1.54) is 0 Å². The van der Waals surface area contributed by atoms with Gasteiger partial charge in [-0.25, -0.2) is 12.7 Å². The summed E-state index contributed by atoms with van der Waals surface area (Å²) in [5, 5.41) is 0. The molecular formula is C10H21NO2S. The third-order valence-corrected chi connectivity index (χ3v) is 5.49. The Morgan fingerprint density at radius 3 is 2.14 bits per heavy atom. The molecule has 1 aliphatic heterocycles. The fraction of sp³-hybridized carbons (Fsp3) is 1.00. The van der Waals surface area contributed by atoms with E-state index in [2.05, 4.69) is 13.8 Å². The van der Waals surface area contributed by atoms with Gasteiger partial charge in [-0.2, -0.15) is 0 Å². The van der Waals surface area contributed by atoms with Gasteiger partial charge in [0.15, 0.2) is 0 Å². The van der Waals surface area contributed by atoms with Crippen molar-refractivity contribution < 1.29 is 8.42 Å². The Bertz CT molecular complexity index is 280. The first-order valence-electron chi connectivity index (χ1n) is 5.47. The van der Waals surface area contributed by atoms with Crippen LogP contribution in [0.4, 0.5) is 0 Å². The zero-order valence-electron chi connectivity index (χ0n) is 9.41. The third-order valence-electron chi connectivity index (χ3n) is 3.66. The highest BCUT2D eigenvalue weighted by atomic mass is 32.2. The molecule has 1 saturated heterocycles. The Morgan fingerprint density at radius 2 is 1.79 bits per heavy atom. The predicted octanol–water partition coefficient (Wildman–Crippen LogP) is 1.85. The van der Waals surface area contributed by atoms with E-state index < -0.39 is 10.0 Å². The predicted molar refractivity (Wildman–Crippen MR) is 58.7 cm³/mol. The van der Waals surface area contributed by atoms with Gasteiger partial charge in [0.1, 0.15) is 0 Å². The zero-order chi connectivity index (χ0) is 10.8. The molecule has 3 nitrogen and oxygen atoms in total. The van der Waals surface area contributed by atoms with Crippen LogP contribution in [-0.2, 0) is 10.0 Å². The van der Waals surface area contributed by atoms with Crippen molar-refractivity contribution >= 4 is 10.0 Å². The van der Waals surface area contributed by atoms with Gasteiger partial charge in [0, 0.05) is 13.1 Å². The van der Waals surface area contributed by atoms with Crippen molar-refractivity contribution in [2.75, 3.05) is 18.8 Å². The van der Waals surface area contributed by atoms with Gasteiger partial charge in [-0.3, -0.25) is 0 Å². The van der Waals surface area contributed by atoms with Gasteiger partial charge in [0.25, 0.3) is 0 Å². The third kappa shape index (κ3) is 2.11. The molecule has 1 aliphatic rings. The van der Waals surface area contributed by atoms with Crippen LogP contribution in [0, 0.1) is 5.41 Å². The second-order valence-corrected chi connectivity index (χ2v) is 6.45. The molecule has 0 atom stereocenters. The summed E-state index contributed by atoms with van der Waals surface area (Å²) in [4.78, 5) is 0. The van der Waals surface area contributed by atoms with Gasteiger partial charge in [-0.05, 0) is 31.6 Å². The molecule has 0 amide bonds. The first kappa shape index (κ1) is 12.0. The van der Waals surface area contributed by atoms with Crippen molar-refractivity contribution in [3.63, 3.8) is 0 Å². The maximum absolute atomic E-state index is 11.6. The molecule has 0 N–H and O–H groups in total. The van der Waals surface area contributed by atoms with E-state index in [9.17, 15) is 8.42 Å². The van der Waals surface area contributed by atoms with E-state index in [-0.39, 0.29) is 11.2 Å². The summed E-state index contributed by atoms with van der Waals surface area (Å²) in [7, 11) is -2.96. The van der Waals surface area contributed by atoms with Gasteiger partial charge in [0.05, 0.1) is 5.75 Å². The summed E-state index contributed by atoms with van der Waals surface area (Å²) < 4.78 is 25.0. The molecule has 1 fully saturated rings. The van der Waals surface area contributed by atoms with E-state index in [0.29, 0.717) is 0 Å². The van der Waals surface area contributed by atoms with Crippen molar-refractivity contribution in [3.05, 3.63) is 0 Å².